The second kappa shape index (κ2) is 10.5. The van der Waals surface area contributed by atoms with Gasteiger partial charge >= 0.3 is 12.1 Å². The summed E-state index contributed by atoms with van der Waals surface area (Å²) in [6.07, 6.45) is 6.63. The lowest BCUT2D eigenvalue weighted by atomic mass is 9.90. The number of urea groups is 1. The van der Waals surface area contributed by atoms with Gasteiger partial charge in [0.05, 0.1) is 5.52 Å². The Morgan fingerprint density at radius 3 is 2.57 bits per heavy atom. The van der Waals surface area contributed by atoms with E-state index in [1.54, 1.807) is 35.8 Å². The zero-order valence-corrected chi connectivity index (χ0v) is 20.4. The van der Waals surface area contributed by atoms with Crippen LogP contribution < -0.4 is 10.6 Å². The van der Waals surface area contributed by atoms with Crippen molar-refractivity contribution >= 4 is 46.0 Å². The van der Waals surface area contributed by atoms with Crippen molar-refractivity contribution in [2.75, 3.05) is 37.8 Å². The Kier molecular flexibility index (Phi) is 7.28. The normalized spacial score (nSPS) is 14.1. The maximum Gasteiger partial charge on any atom is 0.328 e. The van der Waals surface area contributed by atoms with Crippen molar-refractivity contribution in [3.63, 3.8) is 0 Å². The van der Waals surface area contributed by atoms with Crippen LogP contribution in [-0.2, 0) is 0 Å². The highest BCUT2D eigenvalue weighted by molar-refractivity contribution is 5.93. The molecule has 10 nitrogen and oxygen atoms in total. The fraction of sp³-hybridized carbons (Fsp3) is 0.400. The Morgan fingerprint density at radius 1 is 1.11 bits per heavy atom. The van der Waals surface area contributed by atoms with Crippen LogP contribution in [0.1, 0.15) is 32.6 Å². The first-order valence-electron chi connectivity index (χ1n) is 11.9. The van der Waals surface area contributed by atoms with Gasteiger partial charge < -0.3 is 20.5 Å². The molecular formula is C25H32N8O2. The summed E-state index contributed by atoms with van der Waals surface area (Å²) in [6, 6.07) is 8.97. The molecule has 0 radical (unpaired) electrons. The van der Waals surface area contributed by atoms with Crippen LogP contribution in [0.15, 0.2) is 42.9 Å². The Labute approximate surface area is 204 Å². The van der Waals surface area contributed by atoms with Gasteiger partial charge in [0.2, 0.25) is 0 Å². The van der Waals surface area contributed by atoms with E-state index in [0.29, 0.717) is 24.7 Å². The Hall–Kier alpha value is -3.95. The zero-order valence-electron chi connectivity index (χ0n) is 20.4. The minimum absolute atomic E-state index is 0.111. The van der Waals surface area contributed by atoms with Crippen LogP contribution in [-0.4, -0.2) is 69.3 Å². The molecule has 0 spiro atoms. The van der Waals surface area contributed by atoms with Gasteiger partial charge in [-0.3, -0.25) is 9.88 Å². The van der Waals surface area contributed by atoms with Crippen molar-refractivity contribution in [2.24, 2.45) is 5.92 Å². The molecule has 0 atom stereocenters. The van der Waals surface area contributed by atoms with Crippen molar-refractivity contribution in [3.05, 3.63) is 42.9 Å². The maximum atomic E-state index is 12.7. The average molecular weight is 477 g/mol. The molecule has 10 heteroatoms. The molecular weight excluding hydrogens is 444 g/mol. The van der Waals surface area contributed by atoms with Crippen LogP contribution >= 0.6 is 0 Å². The third kappa shape index (κ3) is 5.59. The predicted octanol–water partition coefficient (Wildman–Crippen LogP) is 4.77. The lowest BCUT2D eigenvalue weighted by Gasteiger charge is -2.32. The number of nitrogens with zero attached hydrogens (tertiary/aromatic N) is 5. The second-order valence-electron chi connectivity index (χ2n) is 9.02. The molecule has 1 saturated heterocycles. The van der Waals surface area contributed by atoms with E-state index in [1.165, 1.54) is 11.2 Å². The topological polar surface area (TPSA) is 119 Å². The van der Waals surface area contributed by atoms with Crippen LogP contribution in [0.5, 0.6) is 0 Å². The molecule has 3 heterocycles. The predicted molar refractivity (Wildman–Crippen MR) is 138 cm³/mol. The Bertz CT molecular complexity index is 1230. The van der Waals surface area contributed by atoms with Crippen molar-refractivity contribution in [3.8, 4) is 0 Å². The van der Waals surface area contributed by atoms with Crippen LogP contribution in [0.3, 0.4) is 0 Å². The second-order valence-corrected chi connectivity index (χ2v) is 9.02. The summed E-state index contributed by atoms with van der Waals surface area (Å²) >= 11 is 0. The van der Waals surface area contributed by atoms with E-state index in [0.717, 1.165) is 48.0 Å². The highest BCUT2D eigenvalue weighted by Crippen LogP contribution is 2.24. The first-order chi connectivity index (χ1) is 16.9. The van der Waals surface area contributed by atoms with Gasteiger partial charge in [-0.1, -0.05) is 13.3 Å². The van der Waals surface area contributed by atoms with Gasteiger partial charge in [0, 0.05) is 56.2 Å². The molecule has 4 rings (SSSR count). The molecule has 0 bridgehead atoms. The van der Waals surface area contributed by atoms with Crippen molar-refractivity contribution in [1.82, 2.24) is 24.3 Å². The van der Waals surface area contributed by atoms with E-state index in [-0.39, 0.29) is 18.0 Å². The van der Waals surface area contributed by atoms with Gasteiger partial charge in [0.25, 0.3) is 0 Å². The lowest BCUT2D eigenvalue weighted by Crippen LogP contribution is -2.42. The number of aromatic nitrogens is 3. The van der Waals surface area contributed by atoms with E-state index in [1.807, 2.05) is 24.3 Å². The number of carbonyl (C=O) groups excluding carboxylic acids is 2. The van der Waals surface area contributed by atoms with Crippen LogP contribution in [0.2, 0.25) is 0 Å². The van der Waals surface area contributed by atoms with E-state index < -0.39 is 0 Å². The number of anilines is 3. The molecule has 1 fully saturated rings. The summed E-state index contributed by atoms with van der Waals surface area (Å²) in [4.78, 5) is 36.8. The third-order valence-electron chi connectivity index (χ3n) is 6.25. The molecule has 1 aliphatic rings. The molecule has 3 aromatic rings. The number of fused-ring (bicyclic) bond motifs is 1. The molecule has 0 saturated carbocycles. The van der Waals surface area contributed by atoms with Crippen LogP contribution in [0.4, 0.5) is 26.9 Å². The number of benzene rings is 1. The average Bonchev–Trinajstić information content (AvgIpc) is 3.27. The highest BCUT2D eigenvalue weighted by atomic mass is 16.2. The lowest BCUT2D eigenvalue weighted by molar-refractivity contribution is 0.193. The SMILES string of the molecule is CCCC(=N)C1CCN(C(=O)Nc2cc(Nc3ccc4c(ccn4C(=O)N(C)C)c3)ncn2)CC1. The first kappa shape index (κ1) is 24.2. The van der Waals surface area contributed by atoms with E-state index in [4.69, 9.17) is 5.41 Å². The largest absolute Gasteiger partial charge is 0.340 e. The smallest absolute Gasteiger partial charge is 0.328 e. The summed E-state index contributed by atoms with van der Waals surface area (Å²) in [5.74, 6) is 1.24. The summed E-state index contributed by atoms with van der Waals surface area (Å²) in [5.41, 5.74) is 2.43. The van der Waals surface area contributed by atoms with E-state index in [2.05, 4.69) is 27.5 Å². The van der Waals surface area contributed by atoms with E-state index >= 15 is 0 Å². The standard InChI is InChI=1S/C25H32N8O2/c1-4-5-20(26)17-8-11-32(12-9-17)24(34)30-23-15-22(27-16-28-23)29-19-6-7-21-18(14-19)10-13-33(21)25(35)31(2)3/h6-7,10,13-17,26H,4-5,8-9,11-12H2,1-3H3,(H2,27,28,29,30,34). The van der Waals surface area contributed by atoms with Crippen molar-refractivity contribution < 1.29 is 9.59 Å². The number of likely N-dealkylation sites (tertiary alicyclic amines) is 1. The van der Waals surface area contributed by atoms with Crippen LogP contribution in [0, 0.1) is 11.3 Å². The number of amides is 3. The Balaban J connectivity index is 1.38. The van der Waals surface area contributed by atoms with E-state index in [9.17, 15) is 9.59 Å². The molecule has 3 amide bonds. The number of carbonyl (C=O) groups is 2. The minimum atomic E-state index is -0.191. The third-order valence-corrected chi connectivity index (χ3v) is 6.25. The number of hydrogen-bond acceptors (Lipinski definition) is 6. The molecule has 3 N–H and O–H groups in total. The van der Waals surface area contributed by atoms with Crippen molar-refractivity contribution in [1.29, 1.82) is 5.41 Å². The summed E-state index contributed by atoms with van der Waals surface area (Å²) in [5, 5.41) is 15.2. The monoisotopic (exact) mass is 476 g/mol. The Morgan fingerprint density at radius 2 is 1.86 bits per heavy atom. The number of piperidine rings is 1. The van der Waals surface area contributed by atoms with Crippen molar-refractivity contribution in [2.45, 2.75) is 32.6 Å². The summed E-state index contributed by atoms with van der Waals surface area (Å²) in [6.45, 7) is 3.36. The molecule has 2 aromatic heterocycles. The molecule has 1 aromatic carbocycles. The maximum absolute atomic E-state index is 12.7. The highest BCUT2D eigenvalue weighted by Gasteiger charge is 2.25. The molecule has 1 aliphatic heterocycles. The quantitative estimate of drug-likeness (QED) is 0.443. The van der Waals surface area contributed by atoms with Gasteiger partial charge in [-0.25, -0.2) is 19.6 Å². The molecule has 35 heavy (non-hydrogen) atoms. The van der Waals surface area contributed by atoms with Gasteiger partial charge in [0.15, 0.2) is 0 Å². The summed E-state index contributed by atoms with van der Waals surface area (Å²) in [7, 11) is 3.44. The van der Waals surface area contributed by atoms with Gasteiger partial charge in [0.1, 0.15) is 18.0 Å². The van der Waals surface area contributed by atoms with Crippen LogP contribution in [0.25, 0.3) is 10.9 Å². The number of rotatable bonds is 6. The fourth-order valence-electron chi connectivity index (χ4n) is 4.34. The fourth-order valence-corrected chi connectivity index (χ4v) is 4.34. The van der Waals surface area contributed by atoms with Gasteiger partial charge in [-0.15, -0.1) is 0 Å². The van der Waals surface area contributed by atoms with Gasteiger partial charge in [-0.2, -0.15) is 0 Å². The number of hydrogen-bond donors (Lipinski definition) is 3. The molecule has 184 valence electrons. The molecule has 0 aliphatic carbocycles. The molecule has 0 unspecified atom stereocenters. The minimum Gasteiger partial charge on any atom is -0.340 e. The first-order valence-corrected chi connectivity index (χ1v) is 11.9. The number of nitrogens with one attached hydrogen (secondary N) is 3. The summed E-state index contributed by atoms with van der Waals surface area (Å²) < 4.78 is 1.60. The van der Waals surface area contributed by atoms with Gasteiger partial charge in [-0.05, 0) is 49.4 Å². The zero-order chi connectivity index (χ0) is 24.9.